The van der Waals surface area contributed by atoms with E-state index < -0.39 is 0 Å². The summed E-state index contributed by atoms with van der Waals surface area (Å²) in [6, 6.07) is 0.264. The molecule has 1 amide bonds. The fraction of sp³-hybridized carbons (Fsp3) is 0.750. The van der Waals surface area contributed by atoms with Gasteiger partial charge in [-0.2, -0.15) is 0 Å². The monoisotopic (exact) mass is 335 g/mol. The summed E-state index contributed by atoms with van der Waals surface area (Å²) in [5.74, 6) is 2.80. The van der Waals surface area contributed by atoms with Crippen molar-refractivity contribution in [2.75, 3.05) is 21.1 Å². The predicted molar refractivity (Wildman–Crippen MR) is 93.5 cm³/mol. The average Bonchev–Trinajstić information content (AvgIpc) is 2.89. The highest BCUT2D eigenvalue weighted by Gasteiger charge is 2.28. The van der Waals surface area contributed by atoms with Crippen LogP contribution in [0.15, 0.2) is 4.99 Å². The van der Waals surface area contributed by atoms with Gasteiger partial charge in [0.25, 0.3) is 0 Å². The van der Waals surface area contributed by atoms with Crippen molar-refractivity contribution >= 4 is 11.9 Å². The van der Waals surface area contributed by atoms with Gasteiger partial charge in [0.1, 0.15) is 5.82 Å². The van der Waals surface area contributed by atoms with Gasteiger partial charge >= 0.3 is 0 Å². The van der Waals surface area contributed by atoms with Crippen molar-refractivity contribution in [3.63, 3.8) is 0 Å². The van der Waals surface area contributed by atoms with Crippen LogP contribution >= 0.6 is 0 Å². The van der Waals surface area contributed by atoms with Crippen LogP contribution in [0.5, 0.6) is 0 Å². The van der Waals surface area contributed by atoms with Gasteiger partial charge < -0.3 is 20.1 Å². The minimum absolute atomic E-state index is 0.103. The molecule has 1 heterocycles. The molecule has 1 aliphatic carbocycles. The fourth-order valence-electron chi connectivity index (χ4n) is 3.07. The molecule has 0 aromatic carbocycles. The van der Waals surface area contributed by atoms with Crippen LogP contribution < -0.4 is 10.6 Å². The van der Waals surface area contributed by atoms with E-state index in [1.807, 2.05) is 32.6 Å². The highest BCUT2D eigenvalue weighted by molar-refractivity contribution is 5.80. The molecule has 2 N–H and O–H groups in total. The van der Waals surface area contributed by atoms with Crippen LogP contribution in [0, 0.1) is 12.8 Å². The Kier molecular flexibility index (Phi) is 6.16. The summed E-state index contributed by atoms with van der Waals surface area (Å²) in [6.45, 7) is 2.48. The Morgan fingerprint density at radius 1 is 1.38 bits per heavy atom. The normalized spacial score (nSPS) is 21.5. The van der Waals surface area contributed by atoms with Gasteiger partial charge in [-0.15, -0.1) is 10.2 Å². The second-order valence-corrected chi connectivity index (χ2v) is 6.59. The summed E-state index contributed by atoms with van der Waals surface area (Å²) in [5.41, 5.74) is 0. The maximum absolute atomic E-state index is 12.2. The summed E-state index contributed by atoms with van der Waals surface area (Å²) in [5, 5.41) is 14.9. The highest BCUT2D eigenvalue weighted by atomic mass is 16.2. The second kappa shape index (κ2) is 8.12. The van der Waals surface area contributed by atoms with Gasteiger partial charge in [0.15, 0.2) is 11.8 Å². The number of carbonyl (C=O) groups is 1. The second-order valence-electron chi connectivity index (χ2n) is 6.59. The summed E-state index contributed by atoms with van der Waals surface area (Å²) >= 11 is 0. The lowest BCUT2D eigenvalue weighted by atomic mass is 9.85. The maximum Gasteiger partial charge on any atom is 0.225 e. The van der Waals surface area contributed by atoms with Crippen LogP contribution in [0.2, 0.25) is 0 Å². The standard InChI is InChI=1S/C16H29N7O/c1-11-20-21-14(23(11)5)10-18-16(17-2)19-13-8-6-7-12(9-13)15(24)22(3)4/h12-13H,6-10H2,1-5H3,(H2,17,18,19). The van der Waals surface area contributed by atoms with E-state index in [0.29, 0.717) is 6.54 Å². The van der Waals surface area contributed by atoms with E-state index >= 15 is 0 Å². The van der Waals surface area contributed by atoms with Crippen molar-refractivity contribution in [2.45, 2.75) is 45.2 Å². The number of aromatic nitrogens is 3. The Morgan fingerprint density at radius 3 is 2.71 bits per heavy atom. The molecule has 2 unspecified atom stereocenters. The van der Waals surface area contributed by atoms with Crippen molar-refractivity contribution in [1.82, 2.24) is 30.3 Å². The molecule has 2 rings (SSSR count). The summed E-state index contributed by atoms with van der Waals surface area (Å²) < 4.78 is 1.95. The molecule has 8 nitrogen and oxygen atoms in total. The number of hydrogen-bond donors (Lipinski definition) is 2. The zero-order chi connectivity index (χ0) is 17.7. The van der Waals surface area contributed by atoms with Gasteiger partial charge in [0.2, 0.25) is 5.91 Å². The quantitative estimate of drug-likeness (QED) is 0.616. The van der Waals surface area contributed by atoms with Gasteiger partial charge in [0, 0.05) is 40.2 Å². The van der Waals surface area contributed by atoms with Crippen LogP contribution in [0.1, 0.15) is 37.3 Å². The number of amides is 1. The van der Waals surface area contributed by atoms with Gasteiger partial charge in [-0.3, -0.25) is 9.79 Å². The molecule has 1 aromatic heterocycles. The number of hydrogen-bond acceptors (Lipinski definition) is 4. The van der Waals surface area contributed by atoms with Crippen LogP contribution in [-0.2, 0) is 18.4 Å². The first-order valence-corrected chi connectivity index (χ1v) is 8.45. The molecule has 1 aliphatic rings. The number of nitrogens with one attached hydrogen (secondary N) is 2. The van der Waals surface area contributed by atoms with Crippen LogP contribution in [0.3, 0.4) is 0 Å². The number of carbonyl (C=O) groups excluding carboxylic acids is 1. The molecule has 0 radical (unpaired) electrons. The summed E-state index contributed by atoms with van der Waals surface area (Å²) in [7, 11) is 7.34. The molecule has 0 bridgehead atoms. The van der Waals surface area contributed by atoms with E-state index in [2.05, 4.69) is 25.8 Å². The van der Waals surface area contributed by atoms with E-state index in [0.717, 1.165) is 43.3 Å². The van der Waals surface area contributed by atoms with Crippen LogP contribution in [0.4, 0.5) is 0 Å². The largest absolute Gasteiger partial charge is 0.354 e. The number of guanidine groups is 1. The van der Waals surface area contributed by atoms with Gasteiger partial charge in [0.05, 0.1) is 6.54 Å². The Hall–Kier alpha value is -2.12. The number of aryl methyl sites for hydroxylation is 1. The summed E-state index contributed by atoms with van der Waals surface area (Å²) in [6.07, 6.45) is 3.93. The third kappa shape index (κ3) is 4.46. The van der Waals surface area contributed by atoms with Crippen molar-refractivity contribution in [3.8, 4) is 0 Å². The molecule has 0 aliphatic heterocycles. The SMILES string of the molecule is CN=C(NCc1nnc(C)n1C)NC1CCCC(C(=O)N(C)C)C1. The van der Waals surface area contributed by atoms with Crippen LogP contribution in [-0.4, -0.2) is 58.7 Å². The lowest BCUT2D eigenvalue weighted by molar-refractivity contribution is -0.134. The molecule has 8 heteroatoms. The van der Waals surface area contributed by atoms with Gasteiger partial charge in [-0.05, 0) is 26.2 Å². The average molecular weight is 335 g/mol. The Balaban J connectivity index is 1.88. The zero-order valence-electron chi connectivity index (χ0n) is 15.3. The Bertz CT molecular complexity index is 593. The first kappa shape index (κ1) is 18.2. The minimum Gasteiger partial charge on any atom is -0.354 e. The van der Waals surface area contributed by atoms with E-state index in [-0.39, 0.29) is 17.9 Å². The molecule has 0 saturated heterocycles. The van der Waals surface area contributed by atoms with Crippen molar-refractivity contribution in [2.24, 2.45) is 18.0 Å². The summed E-state index contributed by atoms with van der Waals surface area (Å²) in [4.78, 5) is 18.2. The topological polar surface area (TPSA) is 87.4 Å². The van der Waals surface area contributed by atoms with Gasteiger partial charge in [-0.25, -0.2) is 0 Å². The smallest absolute Gasteiger partial charge is 0.225 e. The lowest BCUT2D eigenvalue weighted by Crippen LogP contribution is -2.46. The Labute approximate surface area is 143 Å². The lowest BCUT2D eigenvalue weighted by Gasteiger charge is -2.31. The molecule has 24 heavy (non-hydrogen) atoms. The van der Waals surface area contributed by atoms with Crippen molar-refractivity contribution in [3.05, 3.63) is 11.6 Å². The Morgan fingerprint density at radius 2 is 2.12 bits per heavy atom. The number of nitrogens with zero attached hydrogens (tertiary/aromatic N) is 5. The number of aliphatic imine (C=N–C) groups is 1. The third-order valence-corrected chi connectivity index (χ3v) is 4.63. The molecular formula is C16H29N7O. The van der Waals surface area contributed by atoms with Crippen molar-refractivity contribution in [1.29, 1.82) is 0 Å². The first-order chi connectivity index (χ1) is 11.4. The molecule has 1 aromatic rings. The van der Waals surface area contributed by atoms with E-state index in [9.17, 15) is 4.79 Å². The fourth-order valence-corrected chi connectivity index (χ4v) is 3.07. The van der Waals surface area contributed by atoms with Crippen molar-refractivity contribution < 1.29 is 4.79 Å². The number of rotatable bonds is 4. The molecule has 1 fully saturated rings. The minimum atomic E-state index is 0.103. The molecule has 134 valence electrons. The predicted octanol–water partition coefficient (Wildman–Crippen LogP) is 0.436. The molecule has 1 saturated carbocycles. The van der Waals surface area contributed by atoms with Crippen LogP contribution in [0.25, 0.3) is 0 Å². The highest BCUT2D eigenvalue weighted by Crippen LogP contribution is 2.25. The van der Waals surface area contributed by atoms with E-state index in [4.69, 9.17) is 0 Å². The maximum atomic E-state index is 12.2. The first-order valence-electron chi connectivity index (χ1n) is 8.45. The molecule has 2 atom stereocenters. The van der Waals surface area contributed by atoms with E-state index in [1.165, 1.54) is 0 Å². The molecule has 0 spiro atoms. The zero-order valence-corrected chi connectivity index (χ0v) is 15.3. The van der Waals surface area contributed by atoms with Gasteiger partial charge in [-0.1, -0.05) is 6.42 Å². The van der Waals surface area contributed by atoms with E-state index in [1.54, 1.807) is 11.9 Å². The third-order valence-electron chi connectivity index (χ3n) is 4.63. The molecular weight excluding hydrogens is 306 g/mol.